The number of nitrogens with one attached hydrogen (secondary N) is 1. The largest absolute Gasteiger partial charge is 0.293 e. The molecule has 2 rings (SSSR count). The van der Waals surface area contributed by atoms with E-state index < -0.39 is 14.9 Å². The zero-order valence-electron chi connectivity index (χ0n) is 8.93. The number of rotatable bonds is 1. The third-order valence-electron chi connectivity index (χ3n) is 1.93. The molecule has 0 atom stereocenters. The quantitative estimate of drug-likeness (QED) is 0.603. The van der Waals surface area contributed by atoms with Crippen molar-refractivity contribution >= 4 is 21.4 Å². The molecule has 1 aromatic rings. The molecule has 0 saturated carbocycles. The Morgan fingerprint density at radius 2 is 2.00 bits per heavy atom. The maximum atomic E-state index is 11.1. The molecule has 1 aliphatic heterocycles. The number of hydrogen-bond donors (Lipinski definition) is 1. The first kappa shape index (κ1) is 12.4. The molecule has 0 aromatic heterocycles. The molecule has 0 saturated heterocycles. The summed E-state index contributed by atoms with van der Waals surface area (Å²) in [6.07, 6.45) is 0. The number of nitrogens with zero attached hydrogens (tertiary/aromatic N) is 1. The maximum Gasteiger partial charge on any atom is 0.293 e. The van der Waals surface area contributed by atoms with Crippen molar-refractivity contribution < 1.29 is 13.3 Å². The van der Waals surface area contributed by atoms with Gasteiger partial charge in [0, 0.05) is 11.6 Å². The fourth-order valence-corrected chi connectivity index (χ4v) is 2.64. The monoisotopic (exact) mass is 244 g/mol. The van der Waals surface area contributed by atoms with Gasteiger partial charge in [0.15, 0.2) is 0 Å². The van der Waals surface area contributed by atoms with Gasteiger partial charge in [0.2, 0.25) is 10.0 Å². The topological polar surface area (TPSA) is 89.3 Å². The molecule has 1 aliphatic rings. The van der Waals surface area contributed by atoms with Gasteiger partial charge >= 0.3 is 0 Å². The summed E-state index contributed by atoms with van der Waals surface area (Å²) in [4.78, 5) is 9.94. The molecule has 0 spiro atoms. The van der Waals surface area contributed by atoms with E-state index in [1.807, 2.05) is 13.8 Å². The Labute approximate surface area is 93.5 Å². The standard InChI is InChI=1S/C7H6N2O4S.C2H6/c10-9(11)6-3-1-2-5-4-14(12,13)8-7(5)6;1-2/h1-3,8H,4H2;1-2H3. The molecule has 7 heteroatoms. The third-order valence-corrected chi connectivity index (χ3v) is 3.13. The van der Waals surface area contributed by atoms with Gasteiger partial charge in [-0.1, -0.05) is 26.0 Å². The summed E-state index contributed by atoms with van der Waals surface area (Å²) in [5.41, 5.74) is 0.334. The van der Waals surface area contributed by atoms with Crippen LogP contribution in [0.15, 0.2) is 18.2 Å². The van der Waals surface area contributed by atoms with E-state index in [2.05, 4.69) is 4.72 Å². The predicted octanol–water partition coefficient (Wildman–Crippen LogP) is 1.88. The van der Waals surface area contributed by atoms with Crippen LogP contribution in [0.4, 0.5) is 11.4 Å². The van der Waals surface area contributed by atoms with Gasteiger partial charge in [0.25, 0.3) is 5.69 Å². The van der Waals surface area contributed by atoms with Crippen molar-refractivity contribution in [2.75, 3.05) is 4.72 Å². The lowest BCUT2D eigenvalue weighted by Gasteiger charge is -1.98. The minimum Gasteiger partial charge on any atom is -0.276 e. The Kier molecular flexibility index (Phi) is 3.48. The second-order valence-electron chi connectivity index (χ2n) is 2.93. The Bertz CT molecular complexity index is 510. The van der Waals surface area contributed by atoms with E-state index in [4.69, 9.17) is 0 Å². The molecule has 1 heterocycles. The minimum atomic E-state index is -3.42. The zero-order chi connectivity index (χ0) is 12.3. The van der Waals surface area contributed by atoms with Crippen LogP contribution in [0.3, 0.4) is 0 Å². The number of para-hydroxylation sites is 1. The molecule has 0 radical (unpaired) electrons. The second-order valence-corrected chi connectivity index (χ2v) is 4.65. The number of hydrogen-bond acceptors (Lipinski definition) is 4. The van der Waals surface area contributed by atoms with Crippen molar-refractivity contribution in [2.45, 2.75) is 19.6 Å². The molecule has 88 valence electrons. The van der Waals surface area contributed by atoms with Gasteiger partial charge in [-0.3, -0.25) is 14.8 Å². The van der Waals surface area contributed by atoms with Crippen molar-refractivity contribution in [3.63, 3.8) is 0 Å². The van der Waals surface area contributed by atoms with Crippen molar-refractivity contribution in [3.8, 4) is 0 Å². The first-order valence-electron chi connectivity index (χ1n) is 4.76. The number of nitro benzene ring substituents is 1. The van der Waals surface area contributed by atoms with E-state index in [9.17, 15) is 18.5 Å². The summed E-state index contributed by atoms with van der Waals surface area (Å²) < 4.78 is 24.4. The van der Waals surface area contributed by atoms with Crippen molar-refractivity contribution in [1.29, 1.82) is 0 Å². The lowest BCUT2D eigenvalue weighted by Crippen LogP contribution is -2.06. The van der Waals surface area contributed by atoms with Crippen LogP contribution in [0.25, 0.3) is 0 Å². The molecule has 0 unspecified atom stereocenters. The molecular weight excluding hydrogens is 232 g/mol. The predicted molar refractivity (Wildman–Crippen MR) is 60.7 cm³/mol. The van der Waals surface area contributed by atoms with Crippen LogP contribution >= 0.6 is 0 Å². The van der Waals surface area contributed by atoms with E-state index in [1.54, 1.807) is 6.07 Å². The normalized spacial score (nSPS) is 15.4. The summed E-state index contributed by atoms with van der Waals surface area (Å²) in [7, 11) is -3.42. The molecule has 0 aliphatic carbocycles. The van der Waals surface area contributed by atoms with E-state index >= 15 is 0 Å². The fourth-order valence-electron chi connectivity index (χ4n) is 1.37. The van der Waals surface area contributed by atoms with Crippen molar-refractivity contribution in [1.82, 2.24) is 0 Å². The average Bonchev–Trinajstić information content (AvgIpc) is 2.53. The second kappa shape index (κ2) is 4.48. The number of nitro groups is 1. The molecule has 0 bridgehead atoms. The first-order valence-corrected chi connectivity index (χ1v) is 6.41. The highest BCUT2D eigenvalue weighted by Gasteiger charge is 2.29. The van der Waals surface area contributed by atoms with Gasteiger partial charge in [-0.05, 0) is 0 Å². The number of anilines is 1. The van der Waals surface area contributed by atoms with Gasteiger partial charge in [-0.25, -0.2) is 8.42 Å². The Morgan fingerprint density at radius 1 is 1.38 bits per heavy atom. The van der Waals surface area contributed by atoms with Crippen LogP contribution in [-0.4, -0.2) is 13.3 Å². The van der Waals surface area contributed by atoms with E-state index in [0.717, 1.165) is 0 Å². The average molecular weight is 244 g/mol. The fraction of sp³-hybridized carbons (Fsp3) is 0.333. The summed E-state index contributed by atoms with van der Waals surface area (Å²) in [5, 5.41) is 10.5. The first-order chi connectivity index (χ1) is 7.49. The SMILES string of the molecule is CC.O=[N+]([O-])c1cccc2c1NS(=O)(=O)C2. The summed E-state index contributed by atoms with van der Waals surface area (Å²) in [5.74, 6) is -0.190. The zero-order valence-corrected chi connectivity index (χ0v) is 9.74. The Hall–Kier alpha value is -1.63. The number of sulfonamides is 1. The summed E-state index contributed by atoms with van der Waals surface area (Å²) >= 11 is 0. The highest BCUT2D eigenvalue weighted by atomic mass is 32.2. The van der Waals surface area contributed by atoms with E-state index in [-0.39, 0.29) is 17.1 Å². The summed E-state index contributed by atoms with van der Waals surface area (Å²) in [6, 6.07) is 4.30. The maximum absolute atomic E-state index is 11.1. The van der Waals surface area contributed by atoms with E-state index in [1.165, 1.54) is 12.1 Å². The number of fused-ring (bicyclic) bond motifs is 1. The molecule has 1 aromatic carbocycles. The number of benzene rings is 1. The van der Waals surface area contributed by atoms with Crippen molar-refractivity contribution in [2.24, 2.45) is 0 Å². The van der Waals surface area contributed by atoms with Gasteiger partial charge in [-0.2, -0.15) is 0 Å². The molecule has 6 nitrogen and oxygen atoms in total. The minimum absolute atomic E-state index is 0.0949. The smallest absolute Gasteiger partial charge is 0.276 e. The molecular formula is C9H12N2O4S. The molecule has 0 amide bonds. The van der Waals surface area contributed by atoms with Crippen LogP contribution in [0.5, 0.6) is 0 Å². The van der Waals surface area contributed by atoms with Crippen LogP contribution in [0.2, 0.25) is 0 Å². The lowest BCUT2D eigenvalue weighted by atomic mass is 10.2. The highest BCUT2D eigenvalue weighted by Crippen LogP contribution is 2.34. The summed E-state index contributed by atoms with van der Waals surface area (Å²) in [6.45, 7) is 4.00. The van der Waals surface area contributed by atoms with Crippen LogP contribution < -0.4 is 4.72 Å². The van der Waals surface area contributed by atoms with Gasteiger partial charge in [0.05, 0.1) is 10.7 Å². The third kappa shape index (κ3) is 2.30. The lowest BCUT2D eigenvalue weighted by molar-refractivity contribution is -0.383. The Morgan fingerprint density at radius 3 is 2.56 bits per heavy atom. The highest BCUT2D eigenvalue weighted by molar-refractivity contribution is 7.92. The van der Waals surface area contributed by atoms with Gasteiger partial charge in [-0.15, -0.1) is 0 Å². The molecule has 1 N–H and O–H groups in total. The van der Waals surface area contributed by atoms with Crippen LogP contribution in [0.1, 0.15) is 19.4 Å². The molecule has 16 heavy (non-hydrogen) atoms. The van der Waals surface area contributed by atoms with Crippen LogP contribution in [0, 0.1) is 10.1 Å². The van der Waals surface area contributed by atoms with Crippen molar-refractivity contribution in [3.05, 3.63) is 33.9 Å². The Balaban J connectivity index is 0.000000606. The van der Waals surface area contributed by atoms with Crippen LogP contribution in [-0.2, 0) is 15.8 Å². The van der Waals surface area contributed by atoms with Gasteiger partial charge in [0.1, 0.15) is 5.69 Å². The van der Waals surface area contributed by atoms with E-state index in [0.29, 0.717) is 5.56 Å². The molecule has 0 fully saturated rings. The van der Waals surface area contributed by atoms with Gasteiger partial charge < -0.3 is 0 Å².